The van der Waals surface area contributed by atoms with Gasteiger partial charge in [-0.05, 0) is 40.3 Å². The summed E-state index contributed by atoms with van der Waals surface area (Å²) < 4.78 is 60.2. The molecule has 0 bridgehead atoms. The van der Waals surface area contributed by atoms with Gasteiger partial charge in [0.2, 0.25) is 0 Å². The maximum Gasteiger partial charge on any atom is 0.186 e. The molecule has 2 aliphatic heterocycles. The molecule has 10 nitrogen and oxygen atoms in total. The molecule has 1 unspecified atom stereocenters. The van der Waals surface area contributed by atoms with Crippen LogP contribution in [-0.4, -0.2) is 73.1 Å². The molecule has 2 heterocycles. The smallest absolute Gasteiger partial charge is 0.186 e. The quantitative estimate of drug-likeness (QED) is 0.0755. The third-order valence-electron chi connectivity index (χ3n) is 11.5. The fourth-order valence-electron chi connectivity index (χ4n) is 8.09. The first-order chi connectivity index (χ1) is 31.6. The molecule has 0 saturated carbocycles. The summed E-state index contributed by atoms with van der Waals surface area (Å²) in [5, 5.41) is 11.8. The Balaban J connectivity index is 1.07. The van der Waals surface area contributed by atoms with Gasteiger partial charge in [0, 0.05) is 0 Å². The van der Waals surface area contributed by atoms with Gasteiger partial charge >= 0.3 is 0 Å². The lowest BCUT2D eigenvalue weighted by molar-refractivity contribution is -0.345. The van der Waals surface area contributed by atoms with E-state index >= 15 is 0 Å². The third kappa shape index (κ3) is 12.8. The average molecular weight is 867 g/mol. The van der Waals surface area contributed by atoms with E-state index < -0.39 is 61.4 Å². The Kier molecular flexibility index (Phi) is 16.9. The number of benzene rings is 6. The Morgan fingerprint density at radius 1 is 0.344 bits per heavy atom. The van der Waals surface area contributed by atoms with Gasteiger partial charge in [-0.15, -0.1) is 0 Å². The molecular weight excluding hydrogens is 809 g/mol. The van der Waals surface area contributed by atoms with Crippen molar-refractivity contribution in [2.45, 2.75) is 108 Å². The minimum Gasteiger partial charge on any atom is -0.368 e. The van der Waals surface area contributed by atoms with Crippen molar-refractivity contribution in [1.82, 2.24) is 0 Å². The maximum absolute atomic E-state index is 11.8. The molecule has 0 aromatic heterocycles. The molecule has 2 aliphatic rings. The van der Waals surface area contributed by atoms with Crippen LogP contribution in [0.1, 0.15) is 40.3 Å². The third-order valence-corrected chi connectivity index (χ3v) is 11.5. The first kappa shape index (κ1) is 45.5. The van der Waals surface area contributed by atoms with Gasteiger partial charge in [-0.25, -0.2) is 0 Å². The van der Waals surface area contributed by atoms with E-state index in [-0.39, 0.29) is 33.0 Å². The Hall–Kier alpha value is -5.08. The Labute approximate surface area is 376 Å². The first-order valence-corrected chi connectivity index (χ1v) is 22.1. The number of aliphatic hydroxyl groups excluding tert-OH is 1. The summed E-state index contributed by atoms with van der Waals surface area (Å²) in [6.45, 7) is 3.61. The summed E-state index contributed by atoms with van der Waals surface area (Å²) >= 11 is 0. The molecule has 0 aliphatic carbocycles. The molecular formula is C54H58O10. The predicted molar refractivity (Wildman–Crippen MR) is 241 cm³/mol. The van der Waals surface area contributed by atoms with Crippen LogP contribution in [0.15, 0.2) is 182 Å². The molecule has 10 atom stereocenters. The van der Waals surface area contributed by atoms with Crippen LogP contribution in [-0.2, 0) is 82.3 Å². The van der Waals surface area contributed by atoms with E-state index in [0.717, 1.165) is 33.4 Å². The molecule has 6 aromatic rings. The van der Waals surface area contributed by atoms with Gasteiger partial charge in [-0.1, -0.05) is 182 Å². The zero-order valence-corrected chi connectivity index (χ0v) is 36.2. The van der Waals surface area contributed by atoms with Crippen LogP contribution >= 0.6 is 0 Å². The highest BCUT2D eigenvalue weighted by Crippen LogP contribution is 2.34. The van der Waals surface area contributed by atoms with Gasteiger partial charge in [0.15, 0.2) is 12.6 Å². The lowest BCUT2D eigenvalue weighted by atomic mass is 9.97. The van der Waals surface area contributed by atoms with Crippen molar-refractivity contribution in [3.8, 4) is 0 Å². The van der Waals surface area contributed by atoms with Crippen LogP contribution in [0.3, 0.4) is 0 Å². The highest BCUT2D eigenvalue weighted by Gasteiger charge is 2.51. The van der Waals surface area contributed by atoms with Gasteiger partial charge in [-0.3, -0.25) is 0 Å². The highest BCUT2D eigenvalue weighted by molar-refractivity contribution is 5.18. The SMILES string of the molecule is C[C@H]1OC(OC[C@H]2O[C@H](O)[C@H](OCc3ccccc3)[C@@H](OCc3ccccc3)[C@@H]2OCc2ccccc2)[C@H](OCc2ccccc2)[C@@H](OCc2ccccc2)[C@@H]1OCc1ccccc1. The minimum atomic E-state index is -1.37. The van der Waals surface area contributed by atoms with E-state index in [1.807, 2.05) is 189 Å². The summed E-state index contributed by atoms with van der Waals surface area (Å²) in [6.07, 6.45) is -7.86. The standard InChI is InChI=1S/C54H58O10/c1-39-47(56-32-40-20-8-2-9-21-40)49(58-34-42-24-12-4-13-25-42)52(61-37-45-30-18-7-19-31-45)54(63-39)62-38-46-48(57-33-41-22-10-3-11-23-41)50(59-35-43-26-14-5-15-27-43)51(53(55)64-46)60-36-44-28-16-6-17-29-44/h2-31,39,46-55H,32-38H2,1H3/t39-,46-,47-,48-,49+,50+,51-,52-,53+,54?/m1/s1. The number of ether oxygens (including phenoxy) is 9. The second-order valence-electron chi connectivity index (χ2n) is 16.2. The molecule has 64 heavy (non-hydrogen) atoms. The fraction of sp³-hybridized carbons (Fsp3) is 0.333. The number of aliphatic hydroxyl groups is 1. The number of hydrogen-bond donors (Lipinski definition) is 1. The van der Waals surface area contributed by atoms with Gasteiger partial charge in [0.1, 0.15) is 42.7 Å². The molecule has 2 saturated heterocycles. The predicted octanol–water partition coefficient (Wildman–Crippen LogP) is 8.98. The molecule has 10 heteroatoms. The van der Waals surface area contributed by atoms with Crippen molar-refractivity contribution in [2.24, 2.45) is 0 Å². The van der Waals surface area contributed by atoms with Crippen LogP contribution in [0.2, 0.25) is 0 Å². The average Bonchev–Trinajstić information content (AvgIpc) is 3.35. The fourth-order valence-corrected chi connectivity index (χ4v) is 8.09. The van der Waals surface area contributed by atoms with Crippen molar-refractivity contribution in [2.75, 3.05) is 6.61 Å². The summed E-state index contributed by atoms with van der Waals surface area (Å²) in [5.74, 6) is 0. The van der Waals surface area contributed by atoms with Crippen LogP contribution in [0.5, 0.6) is 0 Å². The van der Waals surface area contributed by atoms with Crippen molar-refractivity contribution in [3.63, 3.8) is 0 Å². The summed E-state index contributed by atoms with van der Waals surface area (Å²) in [7, 11) is 0. The van der Waals surface area contributed by atoms with E-state index in [0.29, 0.717) is 13.2 Å². The van der Waals surface area contributed by atoms with Crippen LogP contribution in [0.4, 0.5) is 0 Å². The number of hydrogen-bond acceptors (Lipinski definition) is 10. The molecule has 0 spiro atoms. The van der Waals surface area contributed by atoms with Crippen LogP contribution in [0, 0.1) is 0 Å². The normalized spacial score (nSPS) is 25.8. The topological polar surface area (TPSA) is 103 Å². The van der Waals surface area contributed by atoms with Gasteiger partial charge in [0.25, 0.3) is 0 Å². The summed E-state index contributed by atoms with van der Waals surface area (Å²) in [5.41, 5.74) is 5.90. The highest BCUT2D eigenvalue weighted by atomic mass is 16.7. The van der Waals surface area contributed by atoms with E-state index in [4.69, 9.17) is 42.6 Å². The molecule has 8 rings (SSSR count). The van der Waals surface area contributed by atoms with Crippen LogP contribution < -0.4 is 0 Å². The van der Waals surface area contributed by atoms with Crippen molar-refractivity contribution >= 4 is 0 Å². The Morgan fingerprint density at radius 3 is 1.02 bits per heavy atom. The Bertz CT molecular complexity index is 2030. The van der Waals surface area contributed by atoms with E-state index in [1.54, 1.807) is 0 Å². The molecule has 1 N–H and O–H groups in total. The van der Waals surface area contributed by atoms with Crippen molar-refractivity contribution in [1.29, 1.82) is 0 Å². The molecule has 334 valence electrons. The monoisotopic (exact) mass is 866 g/mol. The minimum absolute atomic E-state index is 0.0450. The van der Waals surface area contributed by atoms with Crippen molar-refractivity contribution in [3.05, 3.63) is 215 Å². The zero-order chi connectivity index (χ0) is 43.8. The molecule has 0 radical (unpaired) electrons. The second-order valence-corrected chi connectivity index (χ2v) is 16.2. The zero-order valence-electron chi connectivity index (χ0n) is 36.2. The molecule has 2 fully saturated rings. The van der Waals surface area contributed by atoms with E-state index in [1.165, 1.54) is 0 Å². The summed E-state index contributed by atoms with van der Waals surface area (Å²) in [6, 6.07) is 59.7. The van der Waals surface area contributed by atoms with Gasteiger partial charge < -0.3 is 47.7 Å². The summed E-state index contributed by atoms with van der Waals surface area (Å²) in [4.78, 5) is 0. The number of rotatable bonds is 21. The largest absolute Gasteiger partial charge is 0.368 e. The first-order valence-electron chi connectivity index (χ1n) is 22.1. The van der Waals surface area contributed by atoms with Gasteiger partial charge in [0.05, 0.1) is 52.4 Å². The Morgan fingerprint density at radius 2 is 0.641 bits per heavy atom. The lowest BCUT2D eigenvalue weighted by Crippen LogP contribution is -2.63. The van der Waals surface area contributed by atoms with Gasteiger partial charge in [-0.2, -0.15) is 0 Å². The van der Waals surface area contributed by atoms with Crippen molar-refractivity contribution < 1.29 is 47.7 Å². The molecule has 0 amide bonds. The lowest BCUT2D eigenvalue weighted by Gasteiger charge is -2.47. The molecule has 6 aromatic carbocycles. The van der Waals surface area contributed by atoms with E-state index in [2.05, 4.69) is 0 Å². The second kappa shape index (κ2) is 23.7. The van der Waals surface area contributed by atoms with E-state index in [9.17, 15) is 5.11 Å². The van der Waals surface area contributed by atoms with Crippen LogP contribution in [0.25, 0.3) is 0 Å². The maximum atomic E-state index is 11.8.